The Labute approximate surface area is 185 Å². The SMILES string of the molecule is CNS(=O)(=O)CCNC(=O)[C@@H]1C[C@H](SC2=C(C(=O)O)N3C(=O)[C@H]([C@@H](C)O)[C@H]3[C@H]2C)CN1. The molecule has 5 N–H and O–H groups in total. The predicted molar refractivity (Wildman–Crippen MR) is 113 cm³/mol. The first-order chi connectivity index (χ1) is 14.5. The molecule has 0 aromatic heterocycles. The van der Waals surface area contributed by atoms with Gasteiger partial charge in [0.1, 0.15) is 5.70 Å². The second-order valence-corrected chi connectivity index (χ2v) is 11.4. The average Bonchev–Trinajstić information content (AvgIpc) is 3.24. The van der Waals surface area contributed by atoms with Crippen LogP contribution in [0.3, 0.4) is 0 Å². The van der Waals surface area contributed by atoms with Crippen LogP contribution in [0.1, 0.15) is 20.3 Å². The number of β-lactam (4-membered cyclic amide) rings is 1. The Morgan fingerprint density at radius 3 is 2.65 bits per heavy atom. The summed E-state index contributed by atoms with van der Waals surface area (Å²) in [6, 6.07) is -0.882. The highest BCUT2D eigenvalue weighted by atomic mass is 32.2. The van der Waals surface area contributed by atoms with Gasteiger partial charge in [0.05, 0.1) is 29.9 Å². The molecule has 0 bridgehead atoms. The first-order valence-corrected chi connectivity index (χ1v) is 12.6. The Hall–Kier alpha value is -1.67. The molecule has 0 aromatic rings. The van der Waals surface area contributed by atoms with Crippen molar-refractivity contribution in [2.24, 2.45) is 11.8 Å². The van der Waals surface area contributed by atoms with E-state index in [9.17, 15) is 33.0 Å². The number of rotatable bonds is 9. The lowest BCUT2D eigenvalue weighted by Crippen LogP contribution is -2.63. The highest BCUT2D eigenvalue weighted by molar-refractivity contribution is 8.03. The van der Waals surface area contributed by atoms with E-state index in [-0.39, 0.29) is 47.0 Å². The molecule has 0 aromatic carbocycles. The van der Waals surface area contributed by atoms with Gasteiger partial charge in [-0.3, -0.25) is 9.59 Å². The van der Waals surface area contributed by atoms with Gasteiger partial charge in [-0.25, -0.2) is 17.9 Å². The Bertz CT molecular complexity index is 905. The third kappa shape index (κ3) is 4.60. The summed E-state index contributed by atoms with van der Waals surface area (Å²) in [5, 5.41) is 25.2. The topological polar surface area (TPSA) is 165 Å². The van der Waals surface area contributed by atoms with E-state index in [2.05, 4.69) is 15.4 Å². The fourth-order valence-electron chi connectivity index (χ4n) is 4.38. The predicted octanol–water partition coefficient (Wildman–Crippen LogP) is -1.73. The number of hydrogen-bond donors (Lipinski definition) is 5. The quantitative estimate of drug-likeness (QED) is 0.243. The summed E-state index contributed by atoms with van der Waals surface area (Å²) < 4.78 is 25.0. The highest BCUT2D eigenvalue weighted by Gasteiger charge is 2.60. The van der Waals surface area contributed by atoms with Gasteiger partial charge in [0.15, 0.2) is 0 Å². The molecule has 174 valence electrons. The molecule has 2 amide bonds. The van der Waals surface area contributed by atoms with Gasteiger partial charge < -0.3 is 25.7 Å². The summed E-state index contributed by atoms with van der Waals surface area (Å²) in [7, 11) is -2.10. The van der Waals surface area contributed by atoms with E-state index < -0.39 is 34.1 Å². The summed E-state index contributed by atoms with van der Waals surface area (Å²) in [5.41, 5.74) is -0.0328. The summed E-state index contributed by atoms with van der Waals surface area (Å²) in [6.07, 6.45) is -0.417. The lowest BCUT2D eigenvalue weighted by atomic mass is 9.79. The minimum Gasteiger partial charge on any atom is -0.477 e. The van der Waals surface area contributed by atoms with Crippen molar-refractivity contribution in [2.45, 2.75) is 43.7 Å². The first kappa shape index (κ1) is 24.0. The first-order valence-electron chi connectivity index (χ1n) is 10.1. The van der Waals surface area contributed by atoms with Crippen LogP contribution >= 0.6 is 11.8 Å². The zero-order valence-electron chi connectivity index (χ0n) is 17.5. The van der Waals surface area contributed by atoms with Crippen molar-refractivity contribution in [3.05, 3.63) is 10.6 Å². The van der Waals surface area contributed by atoms with E-state index in [1.807, 2.05) is 6.92 Å². The fourth-order valence-corrected chi connectivity index (χ4v) is 6.44. The van der Waals surface area contributed by atoms with Crippen LogP contribution in [0, 0.1) is 11.8 Å². The minimum absolute atomic E-state index is 0.0111. The largest absolute Gasteiger partial charge is 0.477 e. The highest BCUT2D eigenvalue weighted by Crippen LogP contribution is 2.51. The number of aliphatic hydroxyl groups is 1. The molecule has 2 fully saturated rings. The molecular weight excluding hydrogens is 448 g/mol. The third-order valence-electron chi connectivity index (χ3n) is 5.99. The molecule has 31 heavy (non-hydrogen) atoms. The molecule has 3 aliphatic rings. The third-order valence-corrected chi connectivity index (χ3v) is 8.87. The summed E-state index contributed by atoms with van der Waals surface area (Å²) in [4.78, 5) is 38.5. The van der Waals surface area contributed by atoms with Crippen molar-refractivity contribution in [3.8, 4) is 0 Å². The number of aliphatic hydroxyl groups excluding tert-OH is 1. The number of hydrogen-bond acceptors (Lipinski definition) is 8. The Balaban J connectivity index is 1.62. The molecule has 0 saturated carbocycles. The van der Waals surface area contributed by atoms with E-state index in [0.29, 0.717) is 17.9 Å². The molecule has 6 atom stereocenters. The zero-order valence-corrected chi connectivity index (χ0v) is 19.1. The lowest BCUT2D eigenvalue weighted by molar-refractivity contribution is -0.163. The molecule has 0 radical (unpaired) electrons. The number of carbonyl (C=O) groups is 3. The number of fused-ring (bicyclic) bond motifs is 1. The van der Waals surface area contributed by atoms with Crippen LogP contribution < -0.4 is 15.4 Å². The smallest absolute Gasteiger partial charge is 0.353 e. The summed E-state index contributed by atoms with van der Waals surface area (Å²) in [5.74, 6) is -2.93. The number of carboxylic acid groups (broad SMARTS) is 1. The second-order valence-electron chi connectivity index (χ2n) is 8.02. The van der Waals surface area contributed by atoms with Gasteiger partial charge in [-0.05, 0) is 20.4 Å². The van der Waals surface area contributed by atoms with E-state index >= 15 is 0 Å². The van der Waals surface area contributed by atoms with Gasteiger partial charge >= 0.3 is 5.97 Å². The van der Waals surface area contributed by atoms with Gasteiger partial charge in [0.25, 0.3) is 0 Å². The van der Waals surface area contributed by atoms with Gasteiger partial charge in [-0.2, -0.15) is 0 Å². The molecule has 3 heterocycles. The van der Waals surface area contributed by atoms with Crippen LogP contribution in [0.5, 0.6) is 0 Å². The Morgan fingerprint density at radius 2 is 2.06 bits per heavy atom. The van der Waals surface area contributed by atoms with Crippen molar-refractivity contribution in [2.75, 3.05) is 25.9 Å². The number of thioether (sulfide) groups is 1. The molecule has 2 saturated heterocycles. The lowest BCUT2D eigenvalue weighted by Gasteiger charge is -2.46. The standard InChI is InChI=1S/C18H28N4O7S2/c1-8-13-12(9(2)23)17(25)22(13)14(18(26)27)15(8)30-10-6-11(21-7-10)16(24)20-4-5-31(28,29)19-3/h8-13,19,21,23H,4-7H2,1-3H3,(H,20,24)(H,26,27)/t8-,9-,10+,11+,12-,13-/m1/s1. The van der Waals surface area contributed by atoms with Crippen LogP contribution in [0.4, 0.5) is 0 Å². The summed E-state index contributed by atoms with van der Waals surface area (Å²) in [6.45, 7) is 3.85. The second kappa shape index (κ2) is 9.06. The normalized spacial score (nSPS) is 31.4. The van der Waals surface area contributed by atoms with E-state index in [1.54, 1.807) is 0 Å². The number of sulfonamides is 1. The van der Waals surface area contributed by atoms with Gasteiger partial charge in [-0.15, -0.1) is 11.8 Å². The van der Waals surface area contributed by atoms with Gasteiger partial charge in [-0.1, -0.05) is 6.92 Å². The maximum absolute atomic E-state index is 12.4. The van der Waals surface area contributed by atoms with Crippen LogP contribution in [-0.2, 0) is 24.4 Å². The molecule has 0 aliphatic carbocycles. The molecular formula is C18H28N4O7S2. The van der Waals surface area contributed by atoms with E-state index in [4.69, 9.17) is 0 Å². The van der Waals surface area contributed by atoms with Crippen LogP contribution in [0.25, 0.3) is 0 Å². The van der Waals surface area contributed by atoms with Crippen molar-refractivity contribution in [3.63, 3.8) is 0 Å². The minimum atomic E-state index is -3.41. The average molecular weight is 477 g/mol. The van der Waals surface area contributed by atoms with Crippen molar-refractivity contribution >= 4 is 39.6 Å². The fraction of sp³-hybridized carbons (Fsp3) is 0.722. The van der Waals surface area contributed by atoms with Crippen LogP contribution in [-0.4, -0.2) is 90.6 Å². The van der Waals surface area contributed by atoms with E-state index in [0.717, 1.165) is 0 Å². The maximum atomic E-state index is 12.4. The molecule has 11 nitrogen and oxygen atoms in total. The number of nitrogens with zero attached hydrogens (tertiary/aromatic N) is 1. The van der Waals surface area contributed by atoms with Crippen molar-refractivity contribution < 1.29 is 33.0 Å². The summed E-state index contributed by atoms with van der Waals surface area (Å²) >= 11 is 1.35. The van der Waals surface area contributed by atoms with Crippen molar-refractivity contribution in [1.82, 2.24) is 20.3 Å². The number of aliphatic carboxylic acids is 1. The Kier molecular flexibility index (Phi) is 7.01. The van der Waals surface area contributed by atoms with Crippen molar-refractivity contribution in [1.29, 1.82) is 0 Å². The number of amides is 2. The van der Waals surface area contributed by atoms with Gasteiger partial charge in [0, 0.05) is 29.2 Å². The van der Waals surface area contributed by atoms with E-state index in [1.165, 1.54) is 30.6 Å². The molecule has 3 rings (SSSR count). The molecule has 0 unspecified atom stereocenters. The van der Waals surface area contributed by atoms with Crippen LogP contribution in [0.15, 0.2) is 10.6 Å². The molecule has 13 heteroatoms. The zero-order chi connectivity index (χ0) is 23.1. The number of carbonyl (C=O) groups excluding carboxylic acids is 2. The molecule has 3 aliphatic heterocycles. The number of nitrogens with one attached hydrogen (secondary N) is 3. The van der Waals surface area contributed by atoms with Gasteiger partial charge in [0.2, 0.25) is 21.8 Å². The van der Waals surface area contributed by atoms with Crippen LogP contribution in [0.2, 0.25) is 0 Å². The number of carboxylic acids is 1. The Morgan fingerprint density at radius 1 is 1.39 bits per heavy atom. The molecule has 0 spiro atoms. The maximum Gasteiger partial charge on any atom is 0.353 e. The monoisotopic (exact) mass is 476 g/mol.